The summed E-state index contributed by atoms with van der Waals surface area (Å²) in [5.41, 5.74) is 3.22. The Kier molecular flexibility index (Phi) is 3.36. The molecule has 5 N–H and O–H groups in total. The number of nitrogens with two attached hydrogens (primary N) is 1. The Morgan fingerprint density at radius 3 is 2.82 bits per heavy atom. The van der Waals surface area contributed by atoms with Gasteiger partial charge in [-0.3, -0.25) is 5.43 Å². The fraction of sp³-hybridized carbons (Fsp3) is 0.273. The first-order valence-electron chi connectivity index (χ1n) is 5.36. The molecule has 0 aliphatic rings. The summed E-state index contributed by atoms with van der Waals surface area (Å²) in [5, 5.41) is 13.2. The molecule has 0 amide bonds. The van der Waals surface area contributed by atoms with E-state index in [-0.39, 0.29) is 0 Å². The average molecular weight is 233 g/mol. The lowest BCUT2D eigenvalue weighted by atomic mass is 10.2. The second-order valence-electron chi connectivity index (χ2n) is 3.79. The Labute approximate surface area is 98.9 Å². The van der Waals surface area contributed by atoms with Gasteiger partial charge in [-0.15, -0.1) is 0 Å². The molecule has 1 aromatic heterocycles. The van der Waals surface area contributed by atoms with Crippen molar-refractivity contribution < 1.29 is 5.11 Å². The number of nitrogens with one attached hydrogen (secondary N) is 2. The summed E-state index contributed by atoms with van der Waals surface area (Å²) in [5.74, 6) is 6.31. The zero-order chi connectivity index (χ0) is 12.3. The number of para-hydroxylation sites is 1. The number of aromatic nitrogens is 2. The number of nitrogens with zero attached hydrogens (tertiary/aromatic N) is 2. The van der Waals surface area contributed by atoms with Gasteiger partial charge in [-0.1, -0.05) is 12.1 Å². The van der Waals surface area contributed by atoms with E-state index in [9.17, 15) is 5.11 Å². The van der Waals surface area contributed by atoms with Gasteiger partial charge in [0.1, 0.15) is 5.82 Å². The van der Waals surface area contributed by atoms with Crippen LogP contribution in [0.15, 0.2) is 24.3 Å². The topological polar surface area (TPSA) is 96.1 Å². The van der Waals surface area contributed by atoms with Crippen LogP contribution in [-0.2, 0) is 0 Å². The third-order valence-corrected chi connectivity index (χ3v) is 2.30. The summed E-state index contributed by atoms with van der Waals surface area (Å²) < 4.78 is 0. The van der Waals surface area contributed by atoms with Crippen LogP contribution in [0.1, 0.15) is 6.92 Å². The standard InChI is InChI=1S/C11H15N5O/c1-7(17)6-13-10-8-4-2-3-5-9(8)14-11(15-10)16-12/h2-5,7,17H,6,12H2,1H3,(H2,13,14,15,16). The number of hydrogen-bond donors (Lipinski definition) is 4. The predicted molar refractivity (Wildman–Crippen MR) is 67.5 cm³/mol. The lowest BCUT2D eigenvalue weighted by molar-refractivity contribution is 0.208. The highest BCUT2D eigenvalue weighted by molar-refractivity contribution is 5.89. The van der Waals surface area contributed by atoms with Crippen molar-refractivity contribution in [3.63, 3.8) is 0 Å². The minimum atomic E-state index is -0.446. The fourth-order valence-corrected chi connectivity index (χ4v) is 1.52. The lowest BCUT2D eigenvalue weighted by Crippen LogP contribution is -2.18. The highest BCUT2D eigenvalue weighted by atomic mass is 16.3. The maximum atomic E-state index is 9.27. The summed E-state index contributed by atoms with van der Waals surface area (Å²) >= 11 is 0. The van der Waals surface area contributed by atoms with Crippen LogP contribution in [0.3, 0.4) is 0 Å². The molecule has 90 valence electrons. The van der Waals surface area contributed by atoms with E-state index >= 15 is 0 Å². The summed E-state index contributed by atoms with van der Waals surface area (Å²) in [4.78, 5) is 8.45. The van der Waals surface area contributed by atoms with Crippen molar-refractivity contribution in [1.82, 2.24) is 9.97 Å². The van der Waals surface area contributed by atoms with Crippen molar-refractivity contribution >= 4 is 22.7 Å². The van der Waals surface area contributed by atoms with E-state index in [1.165, 1.54) is 0 Å². The zero-order valence-corrected chi connectivity index (χ0v) is 9.51. The van der Waals surface area contributed by atoms with Crippen molar-refractivity contribution in [3.8, 4) is 0 Å². The van der Waals surface area contributed by atoms with Crippen LogP contribution in [0.4, 0.5) is 11.8 Å². The van der Waals surface area contributed by atoms with Gasteiger partial charge in [-0.2, -0.15) is 4.98 Å². The average Bonchev–Trinajstić information content (AvgIpc) is 2.35. The zero-order valence-electron chi connectivity index (χ0n) is 9.51. The van der Waals surface area contributed by atoms with E-state index in [1.807, 2.05) is 24.3 Å². The van der Waals surface area contributed by atoms with Gasteiger partial charge < -0.3 is 10.4 Å². The Hall–Kier alpha value is -1.92. The molecule has 1 unspecified atom stereocenters. The van der Waals surface area contributed by atoms with Gasteiger partial charge >= 0.3 is 0 Å². The van der Waals surface area contributed by atoms with Crippen LogP contribution in [0, 0.1) is 0 Å². The first-order valence-corrected chi connectivity index (χ1v) is 5.36. The molecule has 0 saturated carbocycles. The molecule has 1 heterocycles. The molecule has 6 heteroatoms. The molecule has 0 spiro atoms. The smallest absolute Gasteiger partial charge is 0.239 e. The Balaban J connectivity index is 2.43. The molecular formula is C11H15N5O. The largest absolute Gasteiger partial charge is 0.392 e. The Morgan fingerprint density at radius 1 is 1.35 bits per heavy atom. The number of nitrogen functional groups attached to an aromatic ring is 1. The van der Waals surface area contributed by atoms with Gasteiger partial charge in [0.2, 0.25) is 5.95 Å². The molecule has 2 aromatic rings. The van der Waals surface area contributed by atoms with E-state index in [1.54, 1.807) is 6.92 Å². The third kappa shape index (κ3) is 2.61. The molecule has 1 aromatic carbocycles. The Morgan fingerprint density at radius 2 is 2.12 bits per heavy atom. The number of hydrogen-bond acceptors (Lipinski definition) is 6. The minimum absolute atomic E-state index is 0.344. The first kappa shape index (κ1) is 11.6. The molecule has 0 bridgehead atoms. The van der Waals surface area contributed by atoms with Gasteiger partial charge in [-0.05, 0) is 19.1 Å². The molecule has 0 aliphatic heterocycles. The number of anilines is 2. The van der Waals surface area contributed by atoms with E-state index in [2.05, 4.69) is 20.7 Å². The number of aliphatic hydroxyl groups is 1. The summed E-state index contributed by atoms with van der Waals surface area (Å²) in [6.45, 7) is 2.13. The molecule has 0 aliphatic carbocycles. The van der Waals surface area contributed by atoms with Crippen LogP contribution in [-0.4, -0.2) is 27.7 Å². The summed E-state index contributed by atoms with van der Waals surface area (Å²) in [7, 11) is 0. The van der Waals surface area contributed by atoms with Crippen LogP contribution >= 0.6 is 0 Å². The summed E-state index contributed by atoms with van der Waals surface area (Å²) in [6.07, 6.45) is -0.446. The number of fused-ring (bicyclic) bond motifs is 1. The molecular weight excluding hydrogens is 218 g/mol. The second-order valence-corrected chi connectivity index (χ2v) is 3.79. The molecule has 0 fully saturated rings. The second kappa shape index (κ2) is 4.94. The van der Waals surface area contributed by atoms with Gasteiger partial charge in [0.15, 0.2) is 0 Å². The van der Waals surface area contributed by atoms with E-state index in [0.717, 1.165) is 10.9 Å². The maximum Gasteiger partial charge on any atom is 0.239 e. The minimum Gasteiger partial charge on any atom is -0.392 e. The van der Waals surface area contributed by atoms with Gasteiger partial charge in [0.25, 0.3) is 0 Å². The van der Waals surface area contributed by atoms with Crippen molar-refractivity contribution in [1.29, 1.82) is 0 Å². The highest BCUT2D eigenvalue weighted by Gasteiger charge is 2.06. The van der Waals surface area contributed by atoms with Gasteiger partial charge in [-0.25, -0.2) is 10.8 Å². The van der Waals surface area contributed by atoms with Gasteiger partial charge in [0.05, 0.1) is 11.6 Å². The summed E-state index contributed by atoms with van der Waals surface area (Å²) in [6, 6.07) is 7.61. The van der Waals surface area contributed by atoms with Crippen molar-refractivity contribution in [2.24, 2.45) is 5.84 Å². The quantitative estimate of drug-likeness (QED) is 0.459. The molecule has 0 saturated heterocycles. The normalized spacial score (nSPS) is 12.4. The molecule has 17 heavy (non-hydrogen) atoms. The highest BCUT2D eigenvalue weighted by Crippen LogP contribution is 2.21. The van der Waals surface area contributed by atoms with Gasteiger partial charge in [0, 0.05) is 11.9 Å². The number of rotatable bonds is 4. The van der Waals surface area contributed by atoms with E-state index in [0.29, 0.717) is 18.3 Å². The lowest BCUT2D eigenvalue weighted by Gasteiger charge is -2.11. The first-order chi connectivity index (χ1) is 8.20. The number of hydrazine groups is 1. The SMILES string of the molecule is CC(O)CNc1nc(NN)nc2ccccc12. The van der Waals surface area contributed by atoms with Crippen LogP contribution in [0.5, 0.6) is 0 Å². The van der Waals surface area contributed by atoms with Crippen molar-refractivity contribution in [2.45, 2.75) is 13.0 Å². The maximum absolute atomic E-state index is 9.27. The van der Waals surface area contributed by atoms with E-state index < -0.39 is 6.10 Å². The number of benzene rings is 1. The van der Waals surface area contributed by atoms with Crippen LogP contribution < -0.4 is 16.6 Å². The molecule has 1 atom stereocenters. The monoisotopic (exact) mass is 233 g/mol. The molecule has 2 rings (SSSR count). The van der Waals surface area contributed by atoms with Crippen LogP contribution in [0.2, 0.25) is 0 Å². The Bertz CT molecular complexity index is 514. The fourth-order valence-electron chi connectivity index (χ4n) is 1.52. The van der Waals surface area contributed by atoms with Crippen molar-refractivity contribution in [2.75, 3.05) is 17.3 Å². The van der Waals surface area contributed by atoms with E-state index in [4.69, 9.17) is 5.84 Å². The molecule has 6 nitrogen and oxygen atoms in total. The molecule has 0 radical (unpaired) electrons. The predicted octanol–water partition coefficient (Wildman–Crippen LogP) is 0.708. The van der Waals surface area contributed by atoms with Crippen molar-refractivity contribution in [3.05, 3.63) is 24.3 Å². The van der Waals surface area contributed by atoms with Crippen LogP contribution in [0.25, 0.3) is 10.9 Å². The number of aliphatic hydroxyl groups excluding tert-OH is 1. The third-order valence-electron chi connectivity index (χ3n) is 2.30.